The highest BCUT2D eigenvalue weighted by Crippen LogP contribution is 2.42. The van der Waals surface area contributed by atoms with Crippen LogP contribution in [0.5, 0.6) is 0 Å². The van der Waals surface area contributed by atoms with E-state index < -0.39 is 0 Å². The smallest absolute Gasteiger partial charge is 0.255 e. The van der Waals surface area contributed by atoms with Crippen molar-refractivity contribution in [1.82, 2.24) is 9.80 Å². The Labute approximate surface area is 242 Å². The zero-order chi connectivity index (χ0) is 28.1. The molecule has 3 unspecified atom stereocenters. The molecule has 0 radical (unpaired) electrons. The Balaban J connectivity index is 1.05. The number of anilines is 1. The number of fused-ring (bicyclic) bond motifs is 3. The molecule has 3 aliphatic heterocycles. The van der Waals surface area contributed by atoms with Gasteiger partial charge in [-0.1, -0.05) is 73.7 Å². The third kappa shape index (κ3) is 4.51. The first-order valence-electron chi connectivity index (χ1n) is 15.4. The lowest BCUT2D eigenvalue weighted by atomic mass is 9.91. The average molecular weight is 546 g/mol. The van der Waals surface area contributed by atoms with E-state index in [0.717, 1.165) is 84.7 Å². The molecule has 0 saturated carbocycles. The molecule has 210 valence electrons. The summed E-state index contributed by atoms with van der Waals surface area (Å²) in [4.78, 5) is 34.6. The van der Waals surface area contributed by atoms with Crippen LogP contribution in [0, 0.1) is 5.92 Å². The molecule has 2 amide bonds. The van der Waals surface area contributed by atoms with Gasteiger partial charge >= 0.3 is 0 Å². The first-order chi connectivity index (χ1) is 20.0. The summed E-state index contributed by atoms with van der Waals surface area (Å²) in [5, 5.41) is 4.28. The molecule has 2 fully saturated rings. The summed E-state index contributed by atoms with van der Waals surface area (Å²) in [5.41, 5.74) is 3.22. The molecule has 0 N–H and O–H groups in total. The van der Waals surface area contributed by atoms with Crippen LogP contribution in [0.1, 0.15) is 61.4 Å². The third-order valence-corrected chi connectivity index (χ3v) is 10.1. The zero-order valence-electron chi connectivity index (χ0n) is 24.1. The largest absolute Gasteiger partial charge is 0.338 e. The van der Waals surface area contributed by atoms with Crippen molar-refractivity contribution in [1.29, 1.82) is 0 Å². The van der Waals surface area contributed by atoms with Crippen molar-refractivity contribution >= 4 is 39.0 Å². The highest BCUT2D eigenvalue weighted by Gasteiger charge is 2.41. The predicted molar refractivity (Wildman–Crippen MR) is 166 cm³/mol. The van der Waals surface area contributed by atoms with E-state index in [4.69, 9.17) is 0 Å². The number of likely N-dealkylation sites (tertiary alicyclic amines) is 2. The molecule has 0 aliphatic carbocycles. The maximum atomic E-state index is 14.0. The molecular formula is C36H39N3O2. The topological polar surface area (TPSA) is 43.9 Å². The summed E-state index contributed by atoms with van der Waals surface area (Å²) in [6, 6.07) is 27.7. The lowest BCUT2D eigenvalue weighted by Gasteiger charge is -2.43. The lowest BCUT2D eigenvalue weighted by molar-refractivity contribution is -0.124. The van der Waals surface area contributed by atoms with Gasteiger partial charge in [0.05, 0.1) is 11.5 Å². The van der Waals surface area contributed by atoms with Crippen molar-refractivity contribution < 1.29 is 9.59 Å². The number of carbonyl (C=O) groups is 2. The standard InChI is InChI=1S/C36H39N3O2/c1-24-25(2)39(33-16-8-7-13-30(24)33)35(40)28-12-9-19-38(23-28)29-17-20-37(21-18-29)36(41)34-31-14-5-3-10-26(31)22-27-11-4-6-15-32(27)34/h3-8,10-11,13-16,22,24-25,28-29H,9,12,17-21,23H2,1-2H3. The first-order valence-corrected chi connectivity index (χ1v) is 15.4. The second kappa shape index (κ2) is 10.6. The van der Waals surface area contributed by atoms with Crippen molar-refractivity contribution in [2.75, 3.05) is 31.1 Å². The molecule has 4 aromatic carbocycles. The number of nitrogens with zero attached hydrogens (tertiary/aromatic N) is 3. The fraction of sp³-hybridized carbons (Fsp3) is 0.389. The molecule has 3 aliphatic rings. The van der Waals surface area contributed by atoms with Gasteiger partial charge in [-0.15, -0.1) is 0 Å². The molecule has 0 spiro atoms. The van der Waals surface area contributed by atoms with Crippen LogP contribution in [0.25, 0.3) is 21.5 Å². The normalized spacial score (nSPS) is 23.7. The van der Waals surface area contributed by atoms with Gasteiger partial charge in [0.15, 0.2) is 0 Å². The molecule has 5 nitrogen and oxygen atoms in total. The summed E-state index contributed by atoms with van der Waals surface area (Å²) >= 11 is 0. The Bertz CT molecular complexity index is 1570. The Morgan fingerprint density at radius 2 is 1.39 bits per heavy atom. The van der Waals surface area contributed by atoms with E-state index in [0.29, 0.717) is 12.0 Å². The maximum absolute atomic E-state index is 14.0. The minimum absolute atomic E-state index is 0.0336. The van der Waals surface area contributed by atoms with E-state index in [2.05, 4.69) is 77.1 Å². The van der Waals surface area contributed by atoms with Gasteiger partial charge in [-0.25, -0.2) is 0 Å². The van der Waals surface area contributed by atoms with Crippen molar-refractivity contribution in [2.45, 2.75) is 57.5 Å². The summed E-state index contributed by atoms with van der Waals surface area (Å²) in [6.07, 6.45) is 3.92. The second-order valence-corrected chi connectivity index (χ2v) is 12.3. The van der Waals surface area contributed by atoms with E-state index in [1.54, 1.807) is 0 Å². The Morgan fingerprint density at radius 3 is 2.10 bits per heavy atom. The fourth-order valence-corrected chi connectivity index (χ4v) is 7.69. The second-order valence-electron chi connectivity index (χ2n) is 12.3. The van der Waals surface area contributed by atoms with Crippen LogP contribution in [0.4, 0.5) is 5.69 Å². The van der Waals surface area contributed by atoms with Crippen molar-refractivity contribution in [3.05, 3.63) is 90.0 Å². The monoisotopic (exact) mass is 545 g/mol. The maximum Gasteiger partial charge on any atom is 0.255 e. The van der Waals surface area contributed by atoms with Crippen molar-refractivity contribution in [3.63, 3.8) is 0 Å². The van der Waals surface area contributed by atoms with Crippen LogP contribution in [0.2, 0.25) is 0 Å². The first kappa shape index (κ1) is 26.2. The van der Waals surface area contributed by atoms with Gasteiger partial charge in [-0.3, -0.25) is 14.5 Å². The summed E-state index contributed by atoms with van der Waals surface area (Å²) in [6.45, 7) is 7.80. The highest BCUT2D eigenvalue weighted by molar-refractivity contribution is 6.18. The van der Waals surface area contributed by atoms with Gasteiger partial charge in [-0.2, -0.15) is 0 Å². The van der Waals surface area contributed by atoms with Gasteiger partial charge in [0, 0.05) is 43.3 Å². The molecule has 2 saturated heterocycles. The lowest BCUT2D eigenvalue weighted by Crippen LogP contribution is -2.52. The number of piperidine rings is 2. The van der Waals surface area contributed by atoms with Crippen LogP contribution >= 0.6 is 0 Å². The minimum atomic E-state index is 0.0336. The summed E-state index contributed by atoms with van der Waals surface area (Å²) in [7, 11) is 0. The number of carbonyl (C=O) groups excluding carboxylic acids is 2. The Kier molecular flexibility index (Phi) is 6.78. The third-order valence-electron chi connectivity index (χ3n) is 10.1. The van der Waals surface area contributed by atoms with Gasteiger partial charge in [0.2, 0.25) is 5.91 Å². The van der Waals surface area contributed by atoms with E-state index in [1.807, 2.05) is 30.3 Å². The molecule has 4 aromatic rings. The van der Waals surface area contributed by atoms with Crippen LogP contribution in [-0.4, -0.2) is 59.9 Å². The summed E-state index contributed by atoms with van der Waals surface area (Å²) < 4.78 is 0. The van der Waals surface area contributed by atoms with E-state index in [-0.39, 0.29) is 23.8 Å². The Hall–Kier alpha value is -3.70. The van der Waals surface area contributed by atoms with Crippen molar-refractivity contribution in [2.24, 2.45) is 5.92 Å². The zero-order valence-corrected chi connectivity index (χ0v) is 24.1. The number of benzene rings is 4. The number of para-hydroxylation sites is 1. The van der Waals surface area contributed by atoms with Gasteiger partial charge in [-0.05, 0) is 78.4 Å². The number of hydrogen-bond donors (Lipinski definition) is 0. The molecule has 5 heteroatoms. The molecule has 41 heavy (non-hydrogen) atoms. The summed E-state index contributed by atoms with van der Waals surface area (Å²) in [5.74, 6) is 0.815. The van der Waals surface area contributed by atoms with Gasteiger partial charge in [0.25, 0.3) is 5.91 Å². The molecule has 3 atom stereocenters. The van der Waals surface area contributed by atoms with Gasteiger partial charge in [0.1, 0.15) is 0 Å². The fourth-order valence-electron chi connectivity index (χ4n) is 7.69. The molecule has 0 bridgehead atoms. The average Bonchev–Trinajstić information content (AvgIpc) is 3.28. The van der Waals surface area contributed by atoms with Gasteiger partial charge < -0.3 is 9.80 Å². The van der Waals surface area contributed by atoms with Crippen molar-refractivity contribution in [3.8, 4) is 0 Å². The van der Waals surface area contributed by atoms with E-state index in [1.165, 1.54) is 5.56 Å². The molecular weight excluding hydrogens is 506 g/mol. The minimum Gasteiger partial charge on any atom is -0.338 e. The van der Waals surface area contributed by atoms with E-state index >= 15 is 0 Å². The van der Waals surface area contributed by atoms with Crippen LogP contribution in [-0.2, 0) is 4.79 Å². The Morgan fingerprint density at radius 1 is 0.756 bits per heavy atom. The molecule has 7 rings (SSSR count). The van der Waals surface area contributed by atoms with Crippen LogP contribution in [0.15, 0.2) is 78.9 Å². The SMILES string of the molecule is CC1c2ccccc2N(C(=O)C2CCCN(C3CCN(C(=O)c4c5ccccc5cc5ccccc45)CC3)C2)C1C. The number of rotatable bonds is 3. The molecule has 3 heterocycles. The number of hydrogen-bond acceptors (Lipinski definition) is 3. The van der Waals surface area contributed by atoms with E-state index in [9.17, 15) is 9.59 Å². The highest BCUT2D eigenvalue weighted by atomic mass is 16.2. The predicted octanol–water partition coefficient (Wildman–Crippen LogP) is 6.85. The number of amides is 2. The van der Waals surface area contributed by atoms with Crippen LogP contribution < -0.4 is 4.90 Å². The van der Waals surface area contributed by atoms with Crippen LogP contribution in [0.3, 0.4) is 0 Å². The molecule has 0 aromatic heterocycles. The quantitative estimate of drug-likeness (QED) is 0.265.